The maximum atomic E-state index is 12.1. The summed E-state index contributed by atoms with van der Waals surface area (Å²) in [5.74, 6) is -0.235. The first-order chi connectivity index (χ1) is 8.47. The van der Waals surface area contributed by atoms with Gasteiger partial charge in [-0.15, -0.1) is 0 Å². The molecular weight excluding hydrogens is 226 g/mol. The van der Waals surface area contributed by atoms with Crippen molar-refractivity contribution < 1.29 is 9.90 Å². The predicted molar refractivity (Wildman–Crippen MR) is 74.4 cm³/mol. The van der Waals surface area contributed by atoms with Gasteiger partial charge in [0.15, 0.2) is 0 Å². The van der Waals surface area contributed by atoms with Crippen LogP contribution in [0.4, 0.5) is 0 Å². The van der Waals surface area contributed by atoms with Crippen LogP contribution in [0.1, 0.15) is 64.7 Å². The van der Waals surface area contributed by atoms with Crippen LogP contribution in [-0.2, 0) is 4.79 Å². The maximum absolute atomic E-state index is 12.1. The Morgan fingerprint density at radius 2 is 1.39 bits per heavy atom. The molecule has 0 aromatic carbocycles. The van der Waals surface area contributed by atoms with E-state index in [1.54, 1.807) is 19.0 Å². The summed E-state index contributed by atoms with van der Waals surface area (Å²) >= 11 is 0. The fraction of sp³-hybridized carbons (Fsp3) is 0.933. The standard InChI is InChI=1S/C15H29NO2/c1-13(14(17)16(2)3)15(18)11-9-7-5-4-6-8-10-12-15/h13,18H,4-12H2,1-3H3. The van der Waals surface area contributed by atoms with Crippen molar-refractivity contribution in [3.05, 3.63) is 0 Å². The molecule has 0 heterocycles. The van der Waals surface area contributed by atoms with Crippen LogP contribution in [0.2, 0.25) is 0 Å². The SMILES string of the molecule is CC(C(=O)N(C)C)C1(O)CCCCCCCCC1. The highest BCUT2D eigenvalue weighted by Crippen LogP contribution is 2.32. The summed E-state index contributed by atoms with van der Waals surface area (Å²) in [6.07, 6.45) is 9.86. The molecule has 0 aromatic heterocycles. The van der Waals surface area contributed by atoms with E-state index in [4.69, 9.17) is 0 Å². The number of aliphatic hydroxyl groups is 1. The molecule has 1 saturated carbocycles. The Labute approximate surface area is 112 Å². The summed E-state index contributed by atoms with van der Waals surface area (Å²) in [6.45, 7) is 1.88. The van der Waals surface area contributed by atoms with Crippen molar-refractivity contribution in [3.63, 3.8) is 0 Å². The van der Waals surface area contributed by atoms with E-state index in [0.717, 1.165) is 25.7 Å². The zero-order valence-corrected chi connectivity index (χ0v) is 12.2. The molecule has 0 saturated heterocycles. The van der Waals surface area contributed by atoms with Crippen molar-refractivity contribution in [1.29, 1.82) is 0 Å². The number of nitrogens with zero attached hydrogens (tertiary/aromatic N) is 1. The summed E-state index contributed by atoms with van der Waals surface area (Å²) in [5.41, 5.74) is -0.793. The Hall–Kier alpha value is -0.570. The fourth-order valence-electron chi connectivity index (χ4n) is 2.92. The van der Waals surface area contributed by atoms with Crippen LogP contribution >= 0.6 is 0 Å². The first kappa shape index (κ1) is 15.5. The van der Waals surface area contributed by atoms with Crippen molar-refractivity contribution in [2.75, 3.05) is 14.1 Å². The fourth-order valence-corrected chi connectivity index (χ4v) is 2.92. The smallest absolute Gasteiger partial charge is 0.227 e. The van der Waals surface area contributed by atoms with Crippen molar-refractivity contribution >= 4 is 5.91 Å². The molecule has 1 aliphatic carbocycles. The molecule has 1 amide bonds. The van der Waals surface area contributed by atoms with Crippen molar-refractivity contribution in [1.82, 2.24) is 4.90 Å². The van der Waals surface area contributed by atoms with Crippen LogP contribution in [0.3, 0.4) is 0 Å². The van der Waals surface area contributed by atoms with E-state index in [9.17, 15) is 9.90 Å². The average Bonchev–Trinajstić information content (AvgIpc) is 2.35. The van der Waals surface area contributed by atoms with Gasteiger partial charge in [-0.05, 0) is 12.8 Å². The van der Waals surface area contributed by atoms with E-state index in [2.05, 4.69) is 0 Å². The molecule has 0 spiro atoms. The van der Waals surface area contributed by atoms with Crippen LogP contribution in [0.5, 0.6) is 0 Å². The molecule has 18 heavy (non-hydrogen) atoms. The van der Waals surface area contributed by atoms with Gasteiger partial charge in [-0.3, -0.25) is 4.79 Å². The van der Waals surface area contributed by atoms with Crippen LogP contribution < -0.4 is 0 Å². The Kier molecular flexibility index (Phi) is 6.13. The molecule has 106 valence electrons. The highest BCUT2D eigenvalue weighted by molar-refractivity contribution is 5.79. The second-order valence-electron chi connectivity index (χ2n) is 6.03. The Bertz CT molecular complexity index is 253. The summed E-state index contributed by atoms with van der Waals surface area (Å²) in [7, 11) is 3.53. The Balaban J connectivity index is 2.67. The zero-order valence-electron chi connectivity index (χ0n) is 12.2. The van der Waals surface area contributed by atoms with Gasteiger partial charge in [-0.25, -0.2) is 0 Å². The number of hydrogen-bond donors (Lipinski definition) is 1. The molecule has 1 unspecified atom stereocenters. The Morgan fingerprint density at radius 1 is 1.00 bits per heavy atom. The predicted octanol–water partition coefficient (Wildman–Crippen LogP) is 2.97. The van der Waals surface area contributed by atoms with Gasteiger partial charge in [0.25, 0.3) is 0 Å². The van der Waals surface area contributed by atoms with Crippen molar-refractivity contribution in [3.8, 4) is 0 Å². The van der Waals surface area contributed by atoms with Gasteiger partial charge in [0.2, 0.25) is 5.91 Å². The zero-order chi connectivity index (χ0) is 13.6. The third-order valence-corrected chi connectivity index (χ3v) is 4.34. The molecule has 3 heteroatoms. The van der Waals surface area contributed by atoms with Crippen molar-refractivity contribution in [2.24, 2.45) is 5.92 Å². The first-order valence-corrected chi connectivity index (χ1v) is 7.41. The highest BCUT2D eigenvalue weighted by atomic mass is 16.3. The van der Waals surface area contributed by atoms with E-state index >= 15 is 0 Å². The number of carbonyl (C=O) groups excluding carboxylic acids is 1. The van der Waals surface area contributed by atoms with Gasteiger partial charge in [-0.1, -0.05) is 51.9 Å². The van der Waals surface area contributed by atoms with E-state index < -0.39 is 5.60 Å². The monoisotopic (exact) mass is 255 g/mol. The second kappa shape index (κ2) is 7.13. The summed E-state index contributed by atoms with van der Waals surface area (Å²) in [4.78, 5) is 13.7. The molecule has 0 bridgehead atoms. The second-order valence-corrected chi connectivity index (χ2v) is 6.03. The van der Waals surface area contributed by atoms with E-state index in [-0.39, 0.29) is 11.8 Å². The third kappa shape index (κ3) is 4.27. The van der Waals surface area contributed by atoms with Gasteiger partial charge in [-0.2, -0.15) is 0 Å². The van der Waals surface area contributed by atoms with Gasteiger partial charge >= 0.3 is 0 Å². The van der Waals surface area contributed by atoms with Gasteiger partial charge < -0.3 is 10.0 Å². The lowest BCUT2D eigenvalue weighted by Crippen LogP contribution is -2.45. The quantitative estimate of drug-likeness (QED) is 0.824. The maximum Gasteiger partial charge on any atom is 0.227 e. The van der Waals surface area contributed by atoms with Crippen molar-refractivity contribution in [2.45, 2.75) is 70.3 Å². The normalized spacial score (nSPS) is 23.1. The summed E-state index contributed by atoms with van der Waals surface area (Å²) in [6, 6.07) is 0. The lowest BCUT2D eigenvalue weighted by molar-refractivity contribution is -0.143. The molecule has 1 aliphatic rings. The lowest BCUT2D eigenvalue weighted by Gasteiger charge is -2.35. The minimum absolute atomic E-state index is 0.0505. The van der Waals surface area contributed by atoms with Crippen LogP contribution in [0.15, 0.2) is 0 Å². The summed E-state index contributed by atoms with van der Waals surface area (Å²) < 4.78 is 0. The molecule has 3 nitrogen and oxygen atoms in total. The van der Waals surface area contributed by atoms with Crippen LogP contribution in [0.25, 0.3) is 0 Å². The molecule has 0 aromatic rings. The molecule has 1 N–H and O–H groups in total. The number of hydrogen-bond acceptors (Lipinski definition) is 2. The van der Waals surface area contributed by atoms with Gasteiger partial charge in [0.05, 0.1) is 11.5 Å². The van der Waals surface area contributed by atoms with Gasteiger partial charge in [0, 0.05) is 14.1 Å². The largest absolute Gasteiger partial charge is 0.389 e. The van der Waals surface area contributed by atoms with Gasteiger partial charge in [0.1, 0.15) is 0 Å². The number of rotatable bonds is 2. The summed E-state index contributed by atoms with van der Waals surface area (Å²) in [5, 5.41) is 10.8. The molecule has 0 aliphatic heterocycles. The molecule has 0 radical (unpaired) electrons. The number of carbonyl (C=O) groups is 1. The van der Waals surface area contributed by atoms with E-state index in [0.29, 0.717) is 0 Å². The van der Waals surface area contributed by atoms with E-state index in [1.165, 1.54) is 32.1 Å². The molecule has 1 fully saturated rings. The average molecular weight is 255 g/mol. The van der Waals surface area contributed by atoms with Crippen LogP contribution in [0, 0.1) is 5.92 Å². The van der Waals surface area contributed by atoms with E-state index in [1.807, 2.05) is 6.92 Å². The minimum Gasteiger partial charge on any atom is -0.389 e. The topological polar surface area (TPSA) is 40.5 Å². The molecule has 1 atom stereocenters. The molecular formula is C15H29NO2. The number of amides is 1. The minimum atomic E-state index is -0.793. The highest BCUT2D eigenvalue weighted by Gasteiger charge is 2.37. The Morgan fingerprint density at radius 3 is 1.78 bits per heavy atom. The van der Waals surface area contributed by atoms with Crippen LogP contribution in [-0.4, -0.2) is 35.6 Å². The third-order valence-electron chi connectivity index (χ3n) is 4.34. The lowest BCUT2D eigenvalue weighted by atomic mass is 9.78. The molecule has 1 rings (SSSR count). The first-order valence-electron chi connectivity index (χ1n) is 7.41.